The topological polar surface area (TPSA) is 84.7 Å². The van der Waals surface area contributed by atoms with Crippen molar-refractivity contribution in [3.63, 3.8) is 0 Å². The van der Waals surface area contributed by atoms with Crippen molar-refractivity contribution in [2.75, 3.05) is 17.6 Å². The summed E-state index contributed by atoms with van der Waals surface area (Å²) in [7, 11) is 0. The van der Waals surface area contributed by atoms with Crippen LogP contribution in [-0.4, -0.2) is 44.0 Å². The largest absolute Gasteiger partial charge is 0.367 e. The molecule has 28 heavy (non-hydrogen) atoms. The van der Waals surface area contributed by atoms with Crippen molar-refractivity contribution in [3.05, 3.63) is 41.8 Å². The van der Waals surface area contributed by atoms with E-state index in [1.165, 1.54) is 12.1 Å². The molecule has 0 bridgehead atoms. The van der Waals surface area contributed by atoms with Crippen LogP contribution >= 0.6 is 11.8 Å². The molecular weight excluding hydrogens is 379 g/mol. The quantitative estimate of drug-likeness (QED) is 0.444. The van der Waals surface area contributed by atoms with Gasteiger partial charge in [0.1, 0.15) is 11.6 Å². The molecule has 3 rings (SSSR count). The van der Waals surface area contributed by atoms with Gasteiger partial charge in [0.25, 0.3) is 5.91 Å². The van der Waals surface area contributed by atoms with E-state index in [1.54, 1.807) is 34.8 Å². The first-order valence-corrected chi connectivity index (χ1v) is 10.1. The molecule has 1 amide bonds. The van der Waals surface area contributed by atoms with E-state index >= 15 is 0 Å². The summed E-state index contributed by atoms with van der Waals surface area (Å²) in [5.74, 6) is 0.619. The van der Waals surface area contributed by atoms with E-state index in [0.29, 0.717) is 23.9 Å². The fourth-order valence-electron chi connectivity index (χ4n) is 2.69. The van der Waals surface area contributed by atoms with Crippen LogP contribution in [0.2, 0.25) is 0 Å². The fraction of sp³-hybridized carbons (Fsp3) is 0.368. The van der Waals surface area contributed by atoms with Crippen LogP contribution in [0.3, 0.4) is 0 Å². The maximum atomic E-state index is 13.7. The number of hydrogen-bond donors (Lipinski definition) is 2. The van der Waals surface area contributed by atoms with Gasteiger partial charge in [0.15, 0.2) is 10.8 Å². The molecule has 2 aromatic heterocycles. The number of thioether (sulfide) groups is 1. The van der Waals surface area contributed by atoms with Gasteiger partial charge in [-0.2, -0.15) is 5.10 Å². The van der Waals surface area contributed by atoms with E-state index in [2.05, 4.69) is 25.7 Å². The zero-order valence-electron chi connectivity index (χ0n) is 16.1. The van der Waals surface area contributed by atoms with E-state index in [9.17, 15) is 9.18 Å². The lowest BCUT2D eigenvalue weighted by Gasteiger charge is -2.12. The van der Waals surface area contributed by atoms with E-state index < -0.39 is 11.7 Å². The number of rotatable bonds is 8. The van der Waals surface area contributed by atoms with Gasteiger partial charge in [-0.3, -0.25) is 4.79 Å². The predicted molar refractivity (Wildman–Crippen MR) is 109 cm³/mol. The zero-order chi connectivity index (χ0) is 20.1. The number of amides is 1. The Morgan fingerprint density at radius 2 is 2.07 bits per heavy atom. The number of nitrogens with one attached hydrogen (secondary N) is 2. The summed E-state index contributed by atoms with van der Waals surface area (Å²) in [6.07, 6.45) is 1.72. The van der Waals surface area contributed by atoms with Crippen LogP contribution < -0.4 is 10.6 Å². The van der Waals surface area contributed by atoms with Gasteiger partial charge in [0, 0.05) is 12.6 Å². The third-order valence-electron chi connectivity index (χ3n) is 3.90. The highest BCUT2D eigenvalue weighted by Crippen LogP contribution is 2.24. The van der Waals surface area contributed by atoms with Crippen molar-refractivity contribution in [1.82, 2.24) is 25.1 Å². The Kier molecular flexibility index (Phi) is 6.45. The summed E-state index contributed by atoms with van der Waals surface area (Å²) in [6.45, 7) is 6.85. The third kappa shape index (κ3) is 4.59. The fourth-order valence-corrected chi connectivity index (χ4v) is 3.26. The van der Waals surface area contributed by atoms with E-state index in [4.69, 9.17) is 0 Å². The Morgan fingerprint density at radius 1 is 1.29 bits per heavy atom. The molecule has 0 fully saturated rings. The van der Waals surface area contributed by atoms with Crippen LogP contribution in [0.5, 0.6) is 0 Å². The van der Waals surface area contributed by atoms with Gasteiger partial charge in [0.05, 0.1) is 23.7 Å². The van der Waals surface area contributed by atoms with Crippen LogP contribution in [0.1, 0.15) is 31.1 Å². The number of fused-ring (bicyclic) bond motifs is 1. The van der Waals surface area contributed by atoms with Crippen molar-refractivity contribution in [2.24, 2.45) is 0 Å². The summed E-state index contributed by atoms with van der Waals surface area (Å²) in [4.78, 5) is 21.3. The van der Waals surface area contributed by atoms with Gasteiger partial charge in [0.2, 0.25) is 0 Å². The Bertz CT molecular complexity index is 974. The molecule has 0 unspecified atom stereocenters. The highest BCUT2D eigenvalue weighted by atomic mass is 32.2. The third-order valence-corrected chi connectivity index (χ3v) is 4.63. The van der Waals surface area contributed by atoms with E-state index in [1.807, 2.05) is 20.8 Å². The summed E-state index contributed by atoms with van der Waals surface area (Å²) in [6, 6.07) is 6.13. The molecule has 0 aliphatic rings. The smallest absolute Gasteiger partial charge is 0.254 e. The van der Waals surface area contributed by atoms with Gasteiger partial charge in [-0.05, 0) is 31.7 Å². The second-order valence-electron chi connectivity index (χ2n) is 6.43. The van der Waals surface area contributed by atoms with Crippen LogP contribution in [0.4, 0.5) is 10.2 Å². The Hall–Kier alpha value is -2.68. The maximum Gasteiger partial charge on any atom is 0.254 e. The van der Waals surface area contributed by atoms with Crippen molar-refractivity contribution in [3.8, 4) is 0 Å². The Labute approximate surface area is 167 Å². The van der Waals surface area contributed by atoms with Crippen LogP contribution in [0.15, 0.2) is 35.6 Å². The lowest BCUT2D eigenvalue weighted by Crippen LogP contribution is -2.28. The molecule has 2 heterocycles. The van der Waals surface area contributed by atoms with Gasteiger partial charge in [-0.15, -0.1) is 0 Å². The average molecular weight is 402 g/mol. The molecule has 3 aromatic rings. The second kappa shape index (κ2) is 9.01. The number of benzene rings is 1. The molecule has 0 saturated carbocycles. The van der Waals surface area contributed by atoms with Crippen LogP contribution in [-0.2, 0) is 6.54 Å². The van der Waals surface area contributed by atoms with Crippen molar-refractivity contribution in [2.45, 2.75) is 38.5 Å². The van der Waals surface area contributed by atoms with E-state index in [-0.39, 0.29) is 11.6 Å². The van der Waals surface area contributed by atoms with Crippen molar-refractivity contribution >= 4 is 34.5 Å². The first-order valence-electron chi connectivity index (χ1n) is 9.15. The minimum Gasteiger partial charge on any atom is -0.367 e. The molecule has 0 spiro atoms. The maximum absolute atomic E-state index is 13.7. The molecule has 9 heteroatoms. The molecule has 0 saturated heterocycles. The van der Waals surface area contributed by atoms with Crippen LogP contribution in [0.25, 0.3) is 11.0 Å². The second-order valence-corrected chi connectivity index (χ2v) is 7.66. The number of carbonyl (C=O) groups is 1. The number of hydrogen-bond acceptors (Lipinski definition) is 6. The molecule has 148 valence electrons. The number of aromatic nitrogens is 4. The minimum atomic E-state index is -0.539. The summed E-state index contributed by atoms with van der Waals surface area (Å²) >= 11 is 1.56. The summed E-state index contributed by atoms with van der Waals surface area (Å²) in [5.41, 5.74) is 0.731. The first-order chi connectivity index (χ1) is 13.5. The molecule has 0 radical (unpaired) electrons. The standard InChI is InChI=1S/C19H23FN6OS/c1-4-28-19-24-16(23-12(2)3)14-11-22-26(17(14)25-19)10-9-21-18(27)13-7-5-6-8-15(13)20/h5-8,11-12H,4,9-10H2,1-3H3,(H,21,27)(H,23,24,25). The average Bonchev–Trinajstić information content (AvgIpc) is 3.05. The Balaban J connectivity index is 1.77. The monoisotopic (exact) mass is 402 g/mol. The summed E-state index contributed by atoms with van der Waals surface area (Å²) < 4.78 is 15.4. The molecular formula is C19H23FN6OS. The zero-order valence-corrected chi connectivity index (χ0v) is 16.9. The molecule has 1 aromatic carbocycles. The van der Waals surface area contributed by atoms with Gasteiger partial charge < -0.3 is 10.6 Å². The highest BCUT2D eigenvalue weighted by Gasteiger charge is 2.15. The lowest BCUT2D eigenvalue weighted by molar-refractivity contribution is 0.0948. The number of halogens is 1. The van der Waals surface area contributed by atoms with Crippen molar-refractivity contribution < 1.29 is 9.18 Å². The van der Waals surface area contributed by atoms with Gasteiger partial charge in [-0.1, -0.05) is 30.8 Å². The highest BCUT2D eigenvalue weighted by molar-refractivity contribution is 7.99. The molecule has 0 aliphatic carbocycles. The lowest BCUT2D eigenvalue weighted by atomic mass is 10.2. The summed E-state index contributed by atoms with van der Waals surface area (Å²) in [5, 5.41) is 12.0. The first kappa shape index (κ1) is 20.1. The molecule has 2 N–H and O–H groups in total. The number of nitrogens with zero attached hydrogens (tertiary/aromatic N) is 4. The number of anilines is 1. The SMILES string of the molecule is CCSc1nc(NC(C)C)c2cnn(CCNC(=O)c3ccccc3F)c2n1. The number of carbonyl (C=O) groups excluding carboxylic acids is 1. The van der Waals surface area contributed by atoms with Crippen molar-refractivity contribution in [1.29, 1.82) is 0 Å². The molecule has 0 atom stereocenters. The Morgan fingerprint density at radius 3 is 2.79 bits per heavy atom. The normalized spacial score (nSPS) is 11.2. The van der Waals surface area contributed by atoms with Gasteiger partial charge >= 0.3 is 0 Å². The van der Waals surface area contributed by atoms with Crippen LogP contribution in [0, 0.1) is 5.82 Å². The molecule has 0 aliphatic heterocycles. The predicted octanol–water partition coefficient (Wildman–Crippen LogP) is 3.33. The minimum absolute atomic E-state index is 0.0280. The molecule has 7 nitrogen and oxygen atoms in total. The van der Waals surface area contributed by atoms with E-state index in [0.717, 1.165) is 17.0 Å². The van der Waals surface area contributed by atoms with Gasteiger partial charge in [-0.25, -0.2) is 19.0 Å².